The van der Waals surface area contributed by atoms with Gasteiger partial charge in [0.05, 0.1) is 0 Å². The van der Waals surface area contributed by atoms with Gasteiger partial charge in [-0.3, -0.25) is 9.59 Å². The first-order valence-electron chi connectivity index (χ1n) is 17.3. The van der Waals surface area contributed by atoms with E-state index >= 15 is 0 Å². The van der Waals surface area contributed by atoms with Gasteiger partial charge in [0.15, 0.2) is 0 Å². The molecule has 1 aliphatic carbocycles. The molecule has 4 heteroatoms. The largest absolute Gasteiger partial charge is 0.462 e. The molecular weight excluding hydrogens is 484 g/mol. The number of hydrogen-bond donors (Lipinski definition) is 0. The number of carbonyl (C=O) groups excluding carboxylic acids is 2. The Balaban J connectivity index is 1.83. The van der Waals surface area contributed by atoms with Crippen LogP contribution in [0.1, 0.15) is 182 Å². The van der Waals surface area contributed by atoms with E-state index in [0.717, 1.165) is 43.4 Å². The Morgan fingerprint density at radius 1 is 0.667 bits per heavy atom. The molecule has 1 rings (SSSR count). The van der Waals surface area contributed by atoms with Gasteiger partial charge >= 0.3 is 11.9 Å². The zero-order chi connectivity index (χ0) is 28.6. The van der Waals surface area contributed by atoms with E-state index in [-0.39, 0.29) is 24.6 Å². The van der Waals surface area contributed by atoms with Crippen LogP contribution in [-0.2, 0) is 19.1 Å². The fraction of sp³-hybridized carbons (Fsp3) is 0.943. The van der Waals surface area contributed by atoms with Crippen molar-refractivity contribution in [1.82, 2.24) is 0 Å². The van der Waals surface area contributed by atoms with Crippen molar-refractivity contribution in [3.8, 4) is 0 Å². The molecule has 4 atom stereocenters. The first-order chi connectivity index (χ1) is 18.9. The quantitative estimate of drug-likeness (QED) is 0.0718. The zero-order valence-corrected chi connectivity index (χ0v) is 26.6. The maximum Gasteiger partial charge on any atom is 0.306 e. The summed E-state index contributed by atoms with van der Waals surface area (Å²) in [5, 5.41) is 0. The van der Waals surface area contributed by atoms with E-state index in [1.165, 1.54) is 116 Å². The van der Waals surface area contributed by atoms with E-state index in [1.54, 1.807) is 6.92 Å². The van der Waals surface area contributed by atoms with Gasteiger partial charge in [-0.15, -0.1) is 0 Å². The third-order valence-corrected chi connectivity index (χ3v) is 8.67. The Morgan fingerprint density at radius 2 is 1.13 bits per heavy atom. The topological polar surface area (TPSA) is 52.6 Å². The maximum atomic E-state index is 12.0. The molecule has 4 nitrogen and oxygen atoms in total. The molecule has 0 saturated heterocycles. The van der Waals surface area contributed by atoms with Crippen LogP contribution in [0.15, 0.2) is 0 Å². The van der Waals surface area contributed by atoms with Crippen LogP contribution in [0.25, 0.3) is 0 Å². The summed E-state index contributed by atoms with van der Waals surface area (Å²) in [6.45, 7) is 9.02. The second-order valence-electron chi connectivity index (χ2n) is 12.9. The number of hydrogen-bond acceptors (Lipinski definition) is 4. The van der Waals surface area contributed by atoms with E-state index < -0.39 is 0 Å². The van der Waals surface area contributed by atoms with Gasteiger partial charge in [0.25, 0.3) is 0 Å². The van der Waals surface area contributed by atoms with Crippen LogP contribution in [0.5, 0.6) is 0 Å². The first kappa shape index (κ1) is 36.0. The van der Waals surface area contributed by atoms with Crippen molar-refractivity contribution in [2.24, 2.45) is 17.8 Å². The Kier molecular flexibility index (Phi) is 22.8. The summed E-state index contributed by atoms with van der Waals surface area (Å²) in [4.78, 5) is 24.1. The summed E-state index contributed by atoms with van der Waals surface area (Å²) in [6, 6.07) is 0. The number of rotatable bonds is 28. The van der Waals surface area contributed by atoms with E-state index in [2.05, 4.69) is 20.8 Å². The molecule has 39 heavy (non-hydrogen) atoms. The summed E-state index contributed by atoms with van der Waals surface area (Å²) in [5.74, 6) is 2.50. The molecule has 1 saturated carbocycles. The SMILES string of the molecule is CCCCCCCCCC(C)CCCCCCCC(=O)OCC(C)OC(=O)CCCCCCCCC1CC1C. The lowest BCUT2D eigenvalue weighted by Gasteiger charge is -2.14. The molecule has 0 aromatic heterocycles. The molecule has 1 aliphatic rings. The molecule has 4 unspecified atom stereocenters. The third kappa shape index (κ3) is 23.4. The van der Waals surface area contributed by atoms with Gasteiger partial charge in [-0.2, -0.15) is 0 Å². The average Bonchev–Trinajstić information content (AvgIpc) is 3.62. The summed E-state index contributed by atoms with van der Waals surface area (Å²) in [6.07, 6.45) is 28.9. The Morgan fingerprint density at radius 3 is 1.67 bits per heavy atom. The van der Waals surface area contributed by atoms with Gasteiger partial charge < -0.3 is 9.47 Å². The Bertz CT molecular complexity index is 589. The highest BCUT2D eigenvalue weighted by molar-refractivity contribution is 5.70. The van der Waals surface area contributed by atoms with Crippen LogP contribution in [0, 0.1) is 17.8 Å². The monoisotopic (exact) mass is 550 g/mol. The third-order valence-electron chi connectivity index (χ3n) is 8.67. The lowest BCUT2D eigenvalue weighted by atomic mass is 9.96. The highest BCUT2D eigenvalue weighted by Crippen LogP contribution is 2.41. The van der Waals surface area contributed by atoms with Crippen molar-refractivity contribution in [3.05, 3.63) is 0 Å². The molecular formula is C35H66O4. The van der Waals surface area contributed by atoms with Crippen molar-refractivity contribution in [1.29, 1.82) is 0 Å². The molecule has 0 aromatic rings. The molecule has 1 fully saturated rings. The number of carbonyl (C=O) groups is 2. The van der Waals surface area contributed by atoms with Crippen molar-refractivity contribution in [2.45, 2.75) is 188 Å². The van der Waals surface area contributed by atoms with Crippen LogP contribution >= 0.6 is 0 Å². The van der Waals surface area contributed by atoms with Gasteiger partial charge in [-0.1, -0.05) is 143 Å². The number of ether oxygens (including phenoxy) is 2. The van der Waals surface area contributed by atoms with Crippen LogP contribution in [-0.4, -0.2) is 24.6 Å². The van der Waals surface area contributed by atoms with E-state index in [0.29, 0.717) is 12.8 Å². The van der Waals surface area contributed by atoms with Gasteiger partial charge in [-0.25, -0.2) is 0 Å². The van der Waals surface area contributed by atoms with E-state index in [9.17, 15) is 9.59 Å². The molecule has 0 amide bonds. The van der Waals surface area contributed by atoms with Crippen molar-refractivity contribution < 1.29 is 19.1 Å². The summed E-state index contributed by atoms with van der Waals surface area (Å²) in [5.41, 5.74) is 0. The van der Waals surface area contributed by atoms with E-state index in [1.807, 2.05) is 0 Å². The highest BCUT2D eigenvalue weighted by Gasteiger charge is 2.31. The normalized spacial score (nSPS) is 18.1. The zero-order valence-electron chi connectivity index (χ0n) is 26.6. The molecule has 0 bridgehead atoms. The smallest absolute Gasteiger partial charge is 0.306 e. The molecule has 0 heterocycles. The van der Waals surface area contributed by atoms with Crippen LogP contribution < -0.4 is 0 Å². The minimum absolute atomic E-state index is 0.167. The molecule has 0 radical (unpaired) electrons. The molecule has 0 aliphatic heterocycles. The van der Waals surface area contributed by atoms with Gasteiger partial charge in [0.2, 0.25) is 0 Å². The second kappa shape index (κ2) is 24.7. The lowest BCUT2D eigenvalue weighted by Crippen LogP contribution is -2.22. The summed E-state index contributed by atoms with van der Waals surface area (Å²) >= 11 is 0. The predicted octanol–water partition coefficient (Wildman–Crippen LogP) is 10.7. The maximum absolute atomic E-state index is 12.0. The molecule has 0 spiro atoms. The van der Waals surface area contributed by atoms with Crippen molar-refractivity contribution >= 4 is 11.9 Å². The lowest BCUT2D eigenvalue weighted by molar-refractivity contribution is -0.158. The van der Waals surface area contributed by atoms with Gasteiger partial charge in [-0.05, 0) is 43.9 Å². The molecule has 0 N–H and O–H groups in total. The molecule has 0 aromatic carbocycles. The minimum Gasteiger partial charge on any atom is -0.462 e. The number of unbranched alkanes of at least 4 members (excludes halogenated alkanes) is 15. The fourth-order valence-electron chi connectivity index (χ4n) is 5.67. The Labute approximate surface area is 243 Å². The minimum atomic E-state index is -0.366. The molecule has 230 valence electrons. The highest BCUT2D eigenvalue weighted by atomic mass is 16.6. The standard InChI is InChI=1S/C35H66O4/c1-5-6-7-8-9-13-18-23-30(2)24-19-14-12-17-21-26-34(36)38-29-32(4)39-35(37)27-22-16-11-10-15-20-25-33-28-31(33)3/h30-33H,5-29H2,1-4H3. The fourth-order valence-corrected chi connectivity index (χ4v) is 5.67. The second-order valence-corrected chi connectivity index (χ2v) is 12.9. The summed E-state index contributed by atoms with van der Waals surface area (Å²) < 4.78 is 10.7. The summed E-state index contributed by atoms with van der Waals surface area (Å²) in [7, 11) is 0. The van der Waals surface area contributed by atoms with Crippen LogP contribution in [0.3, 0.4) is 0 Å². The number of esters is 2. The Hall–Kier alpha value is -1.06. The predicted molar refractivity (Wildman–Crippen MR) is 165 cm³/mol. The average molecular weight is 551 g/mol. The van der Waals surface area contributed by atoms with Gasteiger partial charge in [0.1, 0.15) is 12.7 Å². The van der Waals surface area contributed by atoms with Gasteiger partial charge in [0, 0.05) is 12.8 Å². The first-order valence-corrected chi connectivity index (χ1v) is 17.3. The van der Waals surface area contributed by atoms with Crippen molar-refractivity contribution in [2.75, 3.05) is 6.61 Å². The van der Waals surface area contributed by atoms with Crippen LogP contribution in [0.4, 0.5) is 0 Å². The van der Waals surface area contributed by atoms with Crippen molar-refractivity contribution in [3.63, 3.8) is 0 Å². The van der Waals surface area contributed by atoms with E-state index in [4.69, 9.17) is 9.47 Å². The van der Waals surface area contributed by atoms with Crippen LogP contribution in [0.2, 0.25) is 0 Å².